The number of carbonyl (C=O) groups is 2. The average molecular weight is 237 g/mol. The number of hydrogen-bond donors (Lipinski definition) is 3. The minimum absolute atomic E-state index is 0.456. The highest BCUT2D eigenvalue weighted by molar-refractivity contribution is 5.83. The first-order chi connectivity index (χ1) is 7.88. The van der Waals surface area contributed by atoms with Crippen LogP contribution in [0, 0.1) is 13.8 Å². The molecule has 3 N–H and O–H groups in total. The third-order valence-electron chi connectivity index (χ3n) is 2.24. The second-order valence-electron chi connectivity index (χ2n) is 4.01. The Morgan fingerprint density at radius 3 is 2.12 bits per heavy atom. The number of benzene rings is 1. The molecule has 0 aliphatic heterocycles. The van der Waals surface area contributed by atoms with Gasteiger partial charge in [0.05, 0.1) is 6.42 Å². The van der Waals surface area contributed by atoms with Crippen molar-refractivity contribution in [3.63, 3.8) is 0 Å². The van der Waals surface area contributed by atoms with Crippen molar-refractivity contribution >= 4 is 17.6 Å². The Hall–Kier alpha value is -2.04. The molecule has 1 aromatic rings. The van der Waals surface area contributed by atoms with Crippen LogP contribution in [0.2, 0.25) is 0 Å². The molecule has 0 saturated heterocycles. The van der Waals surface area contributed by atoms with Crippen LogP contribution >= 0.6 is 0 Å². The van der Waals surface area contributed by atoms with Crippen LogP contribution in [-0.4, -0.2) is 28.2 Å². The highest BCUT2D eigenvalue weighted by atomic mass is 16.4. The largest absolute Gasteiger partial charge is 0.481 e. The van der Waals surface area contributed by atoms with Gasteiger partial charge in [0.1, 0.15) is 6.04 Å². The lowest BCUT2D eigenvalue weighted by Gasteiger charge is -2.14. The van der Waals surface area contributed by atoms with Crippen LogP contribution in [0.1, 0.15) is 17.5 Å². The van der Waals surface area contributed by atoms with Gasteiger partial charge in [-0.25, -0.2) is 4.79 Å². The van der Waals surface area contributed by atoms with Crippen LogP contribution in [0.4, 0.5) is 5.69 Å². The van der Waals surface area contributed by atoms with Crippen molar-refractivity contribution in [3.8, 4) is 0 Å². The molecule has 0 radical (unpaired) electrons. The van der Waals surface area contributed by atoms with E-state index in [-0.39, 0.29) is 0 Å². The molecule has 0 aliphatic rings. The van der Waals surface area contributed by atoms with Crippen LogP contribution in [-0.2, 0) is 9.59 Å². The molecule has 1 unspecified atom stereocenters. The van der Waals surface area contributed by atoms with Crippen molar-refractivity contribution in [1.29, 1.82) is 0 Å². The molecule has 0 spiro atoms. The molecule has 0 heterocycles. The van der Waals surface area contributed by atoms with Crippen molar-refractivity contribution in [3.05, 3.63) is 29.3 Å². The Kier molecular flexibility index (Phi) is 4.09. The van der Waals surface area contributed by atoms with E-state index < -0.39 is 24.4 Å². The second-order valence-corrected chi connectivity index (χ2v) is 4.01. The van der Waals surface area contributed by atoms with Gasteiger partial charge in [-0.2, -0.15) is 0 Å². The van der Waals surface area contributed by atoms with Crippen LogP contribution < -0.4 is 5.32 Å². The number of anilines is 1. The Morgan fingerprint density at radius 2 is 1.71 bits per heavy atom. The number of nitrogens with one attached hydrogen (secondary N) is 1. The molecule has 1 aromatic carbocycles. The fourth-order valence-corrected chi connectivity index (χ4v) is 1.63. The predicted octanol–water partition coefficient (Wildman–Crippen LogP) is 1.64. The number of rotatable bonds is 5. The molecule has 0 fully saturated rings. The van der Waals surface area contributed by atoms with E-state index in [9.17, 15) is 9.59 Å². The van der Waals surface area contributed by atoms with Gasteiger partial charge in [0.25, 0.3) is 0 Å². The molecule has 0 aliphatic carbocycles. The summed E-state index contributed by atoms with van der Waals surface area (Å²) in [7, 11) is 0. The topological polar surface area (TPSA) is 86.6 Å². The molecule has 0 aromatic heterocycles. The monoisotopic (exact) mass is 237 g/mol. The predicted molar refractivity (Wildman–Crippen MR) is 63.2 cm³/mol. The molecule has 5 heteroatoms. The number of aryl methyl sites for hydroxylation is 2. The van der Waals surface area contributed by atoms with Gasteiger partial charge in [0.15, 0.2) is 0 Å². The third kappa shape index (κ3) is 4.14. The number of carboxylic acids is 2. The lowest BCUT2D eigenvalue weighted by molar-refractivity contribution is -0.144. The maximum Gasteiger partial charge on any atom is 0.326 e. The van der Waals surface area contributed by atoms with Crippen molar-refractivity contribution < 1.29 is 19.8 Å². The van der Waals surface area contributed by atoms with E-state index in [4.69, 9.17) is 10.2 Å². The zero-order chi connectivity index (χ0) is 13.0. The van der Waals surface area contributed by atoms with E-state index in [1.54, 1.807) is 12.1 Å². The zero-order valence-corrected chi connectivity index (χ0v) is 9.73. The summed E-state index contributed by atoms with van der Waals surface area (Å²) in [6.07, 6.45) is -0.456. The summed E-state index contributed by atoms with van der Waals surface area (Å²) in [5.41, 5.74) is 2.61. The molecule has 5 nitrogen and oxygen atoms in total. The van der Waals surface area contributed by atoms with Gasteiger partial charge in [-0.3, -0.25) is 4.79 Å². The molecule has 0 saturated carbocycles. The summed E-state index contributed by atoms with van der Waals surface area (Å²) in [4.78, 5) is 21.4. The first kappa shape index (κ1) is 13.0. The lowest BCUT2D eigenvalue weighted by Crippen LogP contribution is -2.31. The molecular weight excluding hydrogens is 222 g/mol. The van der Waals surface area contributed by atoms with Crippen LogP contribution in [0.3, 0.4) is 0 Å². The first-order valence-electron chi connectivity index (χ1n) is 5.18. The van der Waals surface area contributed by atoms with Gasteiger partial charge in [-0.15, -0.1) is 0 Å². The summed E-state index contributed by atoms with van der Waals surface area (Å²) >= 11 is 0. The molecule has 0 amide bonds. The Morgan fingerprint density at radius 1 is 1.18 bits per heavy atom. The van der Waals surface area contributed by atoms with Gasteiger partial charge < -0.3 is 15.5 Å². The standard InChI is InChI=1S/C12H15NO4/c1-7-3-8(2)5-9(4-7)13-10(12(16)17)6-11(14)15/h3-5,10,13H,6H2,1-2H3,(H,14,15)(H,16,17). The highest BCUT2D eigenvalue weighted by Crippen LogP contribution is 2.15. The molecular formula is C12H15NO4. The van der Waals surface area contributed by atoms with Crippen molar-refractivity contribution in [2.75, 3.05) is 5.32 Å². The summed E-state index contributed by atoms with van der Waals surface area (Å²) < 4.78 is 0. The molecule has 1 rings (SSSR count). The molecule has 0 bridgehead atoms. The van der Waals surface area contributed by atoms with Crippen molar-refractivity contribution in [1.82, 2.24) is 0 Å². The van der Waals surface area contributed by atoms with E-state index in [0.717, 1.165) is 11.1 Å². The van der Waals surface area contributed by atoms with Gasteiger partial charge in [-0.1, -0.05) is 6.07 Å². The number of aliphatic carboxylic acids is 2. The smallest absolute Gasteiger partial charge is 0.326 e. The van der Waals surface area contributed by atoms with Crippen molar-refractivity contribution in [2.24, 2.45) is 0 Å². The van der Waals surface area contributed by atoms with Crippen LogP contribution in [0.15, 0.2) is 18.2 Å². The van der Waals surface area contributed by atoms with Crippen molar-refractivity contribution in [2.45, 2.75) is 26.3 Å². The summed E-state index contributed by atoms with van der Waals surface area (Å²) in [5.74, 6) is -2.32. The quantitative estimate of drug-likeness (QED) is 0.724. The molecule has 92 valence electrons. The van der Waals surface area contributed by atoms with Gasteiger partial charge in [-0.05, 0) is 37.1 Å². The minimum Gasteiger partial charge on any atom is -0.481 e. The summed E-state index contributed by atoms with van der Waals surface area (Å²) in [6, 6.07) is 4.40. The maximum absolute atomic E-state index is 10.9. The SMILES string of the molecule is Cc1cc(C)cc(NC(CC(=O)O)C(=O)O)c1. The zero-order valence-electron chi connectivity index (χ0n) is 9.73. The lowest BCUT2D eigenvalue weighted by atomic mass is 10.1. The summed E-state index contributed by atoms with van der Waals surface area (Å²) in [5, 5.41) is 20.2. The Labute approximate surface area is 99.1 Å². The fraction of sp³-hybridized carbons (Fsp3) is 0.333. The maximum atomic E-state index is 10.9. The Bertz CT molecular complexity index is 422. The van der Waals surface area contributed by atoms with E-state index in [1.807, 2.05) is 19.9 Å². The van der Waals surface area contributed by atoms with Crippen LogP contribution in [0.25, 0.3) is 0 Å². The first-order valence-corrected chi connectivity index (χ1v) is 5.18. The highest BCUT2D eigenvalue weighted by Gasteiger charge is 2.20. The Balaban J connectivity index is 2.85. The summed E-state index contributed by atoms with van der Waals surface area (Å²) in [6.45, 7) is 3.79. The van der Waals surface area contributed by atoms with Gasteiger partial charge in [0, 0.05) is 5.69 Å². The fourth-order valence-electron chi connectivity index (χ4n) is 1.63. The number of carboxylic acid groups (broad SMARTS) is 2. The van der Waals surface area contributed by atoms with Gasteiger partial charge >= 0.3 is 11.9 Å². The van der Waals surface area contributed by atoms with E-state index in [2.05, 4.69) is 5.32 Å². The van der Waals surface area contributed by atoms with E-state index >= 15 is 0 Å². The third-order valence-corrected chi connectivity index (χ3v) is 2.24. The van der Waals surface area contributed by atoms with Gasteiger partial charge in [0.2, 0.25) is 0 Å². The van der Waals surface area contributed by atoms with Crippen LogP contribution in [0.5, 0.6) is 0 Å². The van der Waals surface area contributed by atoms with E-state index in [1.165, 1.54) is 0 Å². The average Bonchev–Trinajstić information content (AvgIpc) is 2.13. The minimum atomic E-state index is -1.17. The normalized spacial score (nSPS) is 11.9. The molecule has 1 atom stereocenters. The van der Waals surface area contributed by atoms with E-state index in [0.29, 0.717) is 5.69 Å². The second kappa shape index (κ2) is 5.34. The molecule has 17 heavy (non-hydrogen) atoms. The number of hydrogen-bond acceptors (Lipinski definition) is 3.